The summed E-state index contributed by atoms with van der Waals surface area (Å²) < 4.78 is 13.2. The van der Waals surface area contributed by atoms with Crippen molar-refractivity contribution in [1.29, 1.82) is 0 Å². The number of carbonyl (C=O) groups excluding carboxylic acids is 1. The van der Waals surface area contributed by atoms with Gasteiger partial charge in [0.2, 0.25) is 0 Å². The lowest BCUT2D eigenvalue weighted by molar-refractivity contribution is 0.242. The normalized spacial score (nSPS) is 11.4. The van der Waals surface area contributed by atoms with Crippen molar-refractivity contribution in [3.63, 3.8) is 0 Å². The molecule has 4 aromatic rings. The first-order valence-corrected chi connectivity index (χ1v) is 14.8. The highest BCUT2D eigenvalue weighted by Gasteiger charge is 2.22. The number of aromatic amines is 1. The molecule has 2 aromatic heterocycles. The van der Waals surface area contributed by atoms with Crippen LogP contribution in [0.5, 0.6) is 11.5 Å². The van der Waals surface area contributed by atoms with Gasteiger partial charge >= 0.3 is 6.03 Å². The fraction of sp³-hybridized carbons (Fsp3) is 0.382. The predicted octanol–water partition coefficient (Wildman–Crippen LogP) is 7.37. The van der Waals surface area contributed by atoms with Crippen LogP contribution in [0.3, 0.4) is 0 Å². The highest BCUT2D eigenvalue weighted by atomic mass is 16.5. The molecule has 2 aromatic carbocycles. The number of hydrogen-bond donors (Lipinski definition) is 3. The van der Waals surface area contributed by atoms with Gasteiger partial charge in [-0.25, -0.2) is 9.78 Å². The molecular weight excluding hydrogens is 542 g/mol. The average Bonchev–Trinajstić information content (AvgIpc) is 3.46. The summed E-state index contributed by atoms with van der Waals surface area (Å²) in [7, 11) is 1.59. The molecule has 2 heterocycles. The molecule has 0 aliphatic heterocycles. The first-order chi connectivity index (χ1) is 20.5. The number of ether oxygens (including phenoxy) is 2. The number of aromatic nitrogens is 3. The van der Waals surface area contributed by atoms with Crippen molar-refractivity contribution in [1.82, 2.24) is 14.5 Å². The smallest absolute Gasteiger partial charge is 0.323 e. The zero-order chi connectivity index (χ0) is 31.1. The Kier molecular flexibility index (Phi) is 9.95. The van der Waals surface area contributed by atoms with E-state index in [0.717, 1.165) is 29.8 Å². The van der Waals surface area contributed by atoms with Crippen LogP contribution < -0.4 is 25.7 Å². The number of unbranched alkanes of at least 4 members (excludes halogenated alkanes) is 1. The third-order valence-electron chi connectivity index (χ3n) is 7.06. The number of carbonyl (C=O) groups is 1. The van der Waals surface area contributed by atoms with Crippen molar-refractivity contribution in [2.45, 2.75) is 78.9 Å². The zero-order valence-corrected chi connectivity index (χ0v) is 26.2. The number of rotatable bonds is 11. The lowest BCUT2D eigenvalue weighted by Crippen LogP contribution is -2.29. The van der Waals surface area contributed by atoms with E-state index in [0.29, 0.717) is 41.3 Å². The van der Waals surface area contributed by atoms with Crippen LogP contribution in [0.15, 0.2) is 65.8 Å². The Bertz CT molecular complexity index is 1600. The number of anilines is 2. The number of aryl methyl sites for hydroxylation is 1. The predicted molar refractivity (Wildman–Crippen MR) is 173 cm³/mol. The van der Waals surface area contributed by atoms with E-state index in [1.807, 2.05) is 50.2 Å². The number of imidazole rings is 1. The molecule has 0 aliphatic rings. The van der Waals surface area contributed by atoms with Crippen LogP contribution in [-0.4, -0.2) is 33.8 Å². The average molecular weight is 586 g/mol. The zero-order valence-electron chi connectivity index (χ0n) is 26.2. The van der Waals surface area contributed by atoms with E-state index in [1.165, 1.54) is 0 Å². The summed E-state index contributed by atoms with van der Waals surface area (Å²) in [5, 5.41) is 5.95. The number of methoxy groups -OCH3 is 1. The quantitative estimate of drug-likeness (QED) is 0.170. The van der Waals surface area contributed by atoms with Gasteiger partial charge in [-0.15, -0.1) is 0 Å². The van der Waals surface area contributed by atoms with Crippen LogP contribution in [0.2, 0.25) is 0 Å². The minimum atomic E-state index is -0.507. The summed E-state index contributed by atoms with van der Waals surface area (Å²) in [6.45, 7) is 12.8. The molecule has 4 rings (SSSR count). The standard InChI is InChI=1S/C34H43N5O4/c1-8-9-17-39-18-14-26(25-12-11-24(42-7)21-29(25)43-22(2)3)31(32(39)40)38-33(41)37-28-19-23(20-30-35-15-16-36-30)10-13-27(28)34(4,5)6/h10-16,18-19,21-22H,8-9,17,20H2,1-7H3,(H,35,36)(H2,37,38,41). The molecule has 0 spiro atoms. The molecule has 0 bridgehead atoms. The topological polar surface area (TPSA) is 110 Å². The number of benzene rings is 2. The summed E-state index contributed by atoms with van der Waals surface area (Å²) in [5.41, 5.74) is 3.55. The van der Waals surface area contributed by atoms with Crippen molar-refractivity contribution in [3.05, 3.63) is 88.4 Å². The molecule has 2 amide bonds. The summed E-state index contributed by atoms with van der Waals surface area (Å²) in [5.74, 6) is 2.02. The Balaban J connectivity index is 1.75. The van der Waals surface area contributed by atoms with Crippen molar-refractivity contribution in [3.8, 4) is 22.6 Å². The maximum Gasteiger partial charge on any atom is 0.323 e. The summed E-state index contributed by atoms with van der Waals surface area (Å²) >= 11 is 0. The molecule has 0 saturated carbocycles. The molecule has 0 radical (unpaired) electrons. The van der Waals surface area contributed by atoms with Crippen LogP contribution >= 0.6 is 0 Å². The van der Waals surface area contributed by atoms with Gasteiger partial charge in [-0.3, -0.25) is 4.79 Å². The van der Waals surface area contributed by atoms with Gasteiger partial charge in [0.25, 0.3) is 5.56 Å². The SMILES string of the molecule is CCCCn1ccc(-c2ccc(OC)cc2OC(C)C)c(NC(=O)Nc2cc(Cc3ncc[nH]3)ccc2C(C)(C)C)c1=O. The van der Waals surface area contributed by atoms with E-state index in [9.17, 15) is 9.59 Å². The minimum Gasteiger partial charge on any atom is -0.497 e. The Morgan fingerprint density at radius 1 is 1.07 bits per heavy atom. The molecule has 0 atom stereocenters. The van der Waals surface area contributed by atoms with E-state index in [-0.39, 0.29) is 22.8 Å². The highest BCUT2D eigenvalue weighted by Crippen LogP contribution is 2.37. The van der Waals surface area contributed by atoms with Crippen molar-refractivity contribution in [2.24, 2.45) is 0 Å². The first-order valence-electron chi connectivity index (χ1n) is 14.8. The Morgan fingerprint density at radius 2 is 1.86 bits per heavy atom. The number of pyridine rings is 1. The second-order valence-electron chi connectivity index (χ2n) is 11.9. The molecular formula is C34H43N5O4. The molecule has 43 heavy (non-hydrogen) atoms. The third kappa shape index (κ3) is 7.85. The van der Waals surface area contributed by atoms with Crippen molar-refractivity contribution in [2.75, 3.05) is 17.7 Å². The number of hydrogen-bond acceptors (Lipinski definition) is 5. The Morgan fingerprint density at radius 3 is 2.51 bits per heavy atom. The van der Waals surface area contributed by atoms with Gasteiger partial charge in [-0.05, 0) is 61.1 Å². The molecule has 0 saturated heterocycles. The van der Waals surface area contributed by atoms with Gasteiger partial charge in [0.15, 0.2) is 0 Å². The van der Waals surface area contributed by atoms with Crippen LogP contribution in [-0.2, 0) is 18.4 Å². The maximum absolute atomic E-state index is 13.8. The van der Waals surface area contributed by atoms with Gasteiger partial charge in [-0.2, -0.15) is 0 Å². The maximum atomic E-state index is 13.8. The van der Waals surface area contributed by atoms with Gasteiger partial charge in [0.1, 0.15) is 23.0 Å². The van der Waals surface area contributed by atoms with E-state index < -0.39 is 6.03 Å². The number of nitrogens with zero attached hydrogens (tertiary/aromatic N) is 2. The third-order valence-corrected chi connectivity index (χ3v) is 7.06. The van der Waals surface area contributed by atoms with Gasteiger partial charge < -0.3 is 29.7 Å². The molecule has 9 heteroatoms. The molecule has 228 valence electrons. The second-order valence-corrected chi connectivity index (χ2v) is 11.9. The van der Waals surface area contributed by atoms with Crippen LogP contribution in [0.4, 0.5) is 16.2 Å². The second kappa shape index (κ2) is 13.6. The summed E-state index contributed by atoms with van der Waals surface area (Å²) in [6.07, 6.45) is 7.54. The van der Waals surface area contributed by atoms with Gasteiger partial charge in [-0.1, -0.05) is 46.2 Å². The van der Waals surface area contributed by atoms with Crippen LogP contribution in [0, 0.1) is 0 Å². The highest BCUT2D eigenvalue weighted by molar-refractivity contribution is 6.03. The molecule has 9 nitrogen and oxygen atoms in total. The molecule has 0 aliphatic carbocycles. The fourth-order valence-electron chi connectivity index (χ4n) is 4.94. The summed E-state index contributed by atoms with van der Waals surface area (Å²) in [6, 6.07) is 12.9. The van der Waals surface area contributed by atoms with E-state index >= 15 is 0 Å². The Labute approximate surface area is 253 Å². The number of amides is 2. The van der Waals surface area contributed by atoms with E-state index in [1.54, 1.807) is 36.3 Å². The van der Waals surface area contributed by atoms with Gasteiger partial charge in [0, 0.05) is 54.4 Å². The molecule has 3 N–H and O–H groups in total. The minimum absolute atomic E-state index is 0.111. The van der Waals surface area contributed by atoms with E-state index in [4.69, 9.17) is 9.47 Å². The van der Waals surface area contributed by atoms with Gasteiger partial charge in [0.05, 0.1) is 13.2 Å². The van der Waals surface area contributed by atoms with Crippen LogP contribution in [0.1, 0.15) is 71.3 Å². The van der Waals surface area contributed by atoms with Crippen molar-refractivity contribution < 1.29 is 14.3 Å². The lowest BCUT2D eigenvalue weighted by atomic mass is 9.85. The Hall–Kier alpha value is -4.53. The summed E-state index contributed by atoms with van der Waals surface area (Å²) in [4.78, 5) is 35.0. The van der Waals surface area contributed by atoms with E-state index in [2.05, 4.69) is 48.3 Å². The number of urea groups is 1. The van der Waals surface area contributed by atoms with Crippen LogP contribution in [0.25, 0.3) is 11.1 Å². The molecule has 0 unspecified atom stereocenters. The number of nitrogens with one attached hydrogen (secondary N) is 3. The first kappa shape index (κ1) is 31.4. The van der Waals surface area contributed by atoms with Crippen molar-refractivity contribution >= 4 is 17.4 Å². The monoisotopic (exact) mass is 585 g/mol. The lowest BCUT2D eigenvalue weighted by Gasteiger charge is -2.24. The molecule has 0 fully saturated rings. The fourth-order valence-corrected chi connectivity index (χ4v) is 4.94. The largest absolute Gasteiger partial charge is 0.497 e. The number of H-pyrrole nitrogens is 1.